The lowest BCUT2D eigenvalue weighted by molar-refractivity contribution is -0.122. The lowest BCUT2D eigenvalue weighted by Crippen LogP contribution is -2.51. The van der Waals surface area contributed by atoms with E-state index in [0.29, 0.717) is 16.7 Å². The Morgan fingerprint density at radius 2 is 1.94 bits per heavy atom. The van der Waals surface area contributed by atoms with Crippen LogP contribution in [0, 0.1) is 14.9 Å². The number of nitrogens with two attached hydrogens (primary N) is 1. The third-order valence-corrected chi connectivity index (χ3v) is 9.10. The number of para-hydroxylation sites is 1. The van der Waals surface area contributed by atoms with E-state index in [0.717, 1.165) is 35.9 Å². The second-order valence-corrected chi connectivity index (χ2v) is 11.6. The highest BCUT2D eigenvalue weighted by atomic mass is 127. The number of hydrogen-bond acceptors (Lipinski definition) is 4. The number of amides is 1. The molecule has 1 aromatic heterocycles. The fourth-order valence-corrected chi connectivity index (χ4v) is 6.97. The molecular formula is C24H30ClIN6O3S. The molecule has 194 valence electrons. The van der Waals surface area contributed by atoms with E-state index < -0.39 is 16.1 Å². The van der Waals surface area contributed by atoms with Crippen LogP contribution in [0.2, 0.25) is 0 Å². The molecule has 4 rings (SSSR count). The molecule has 0 spiro atoms. The van der Waals surface area contributed by atoms with E-state index in [1.54, 1.807) is 23.1 Å². The summed E-state index contributed by atoms with van der Waals surface area (Å²) in [4.78, 5) is 18.5. The lowest BCUT2D eigenvalue weighted by atomic mass is 9.98. The van der Waals surface area contributed by atoms with E-state index >= 15 is 0 Å². The van der Waals surface area contributed by atoms with E-state index in [1.807, 2.05) is 53.1 Å². The van der Waals surface area contributed by atoms with Crippen molar-refractivity contribution in [2.75, 3.05) is 19.6 Å². The smallest absolute Gasteiger partial charge is 0.242 e. The van der Waals surface area contributed by atoms with E-state index in [-0.39, 0.29) is 41.5 Å². The second kappa shape index (κ2) is 12.3. The van der Waals surface area contributed by atoms with Crippen molar-refractivity contribution in [3.8, 4) is 0 Å². The molecule has 36 heavy (non-hydrogen) atoms. The highest BCUT2D eigenvalue weighted by Gasteiger charge is 2.29. The summed E-state index contributed by atoms with van der Waals surface area (Å²) in [5.74, 6) is -0.217. The van der Waals surface area contributed by atoms with Crippen LogP contribution in [0.3, 0.4) is 0 Å². The summed E-state index contributed by atoms with van der Waals surface area (Å²) in [6, 6.07) is 13.4. The van der Waals surface area contributed by atoms with Gasteiger partial charge in [-0.2, -0.15) is 4.72 Å². The summed E-state index contributed by atoms with van der Waals surface area (Å²) in [6.45, 7) is 1.72. The van der Waals surface area contributed by atoms with Crippen LogP contribution in [0.5, 0.6) is 0 Å². The van der Waals surface area contributed by atoms with Crippen LogP contribution in [0.1, 0.15) is 18.4 Å². The predicted octanol–water partition coefficient (Wildman–Crippen LogP) is 2.81. The number of hydrogen-bond donors (Lipinski definition) is 5. The average molecular weight is 645 g/mol. The van der Waals surface area contributed by atoms with E-state index in [1.165, 1.54) is 6.07 Å². The number of rotatable bonds is 8. The van der Waals surface area contributed by atoms with Crippen molar-refractivity contribution in [2.24, 2.45) is 11.7 Å². The fourth-order valence-electron chi connectivity index (χ4n) is 4.44. The molecular weight excluding hydrogens is 615 g/mol. The first-order valence-corrected chi connectivity index (χ1v) is 14.0. The first-order valence-electron chi connectivity index (χ1n) is 11.4. The van der Waals surface area contributed by atoms with Gasteiger partial charge in [0.25, 0.3) is 0 Å². The van der Waals surface area contributed by atoms with Gasteiger partial charge in [-0.15, -0.1) is 12.4 Å². The molecule has 3 aromatic rings. The molecule has 1 aliphatic heterocycles. The van der Waals surface area contributed by atoms with Gasteiger partial charge in [0.1, 0.15) is 6.04 Å². The number of halogens is 2. The van der Waals surface area contributed by atoms with Crippen molar-refractivity contribution in [3.05, 3.63) is 63.9 Å². The maximum absolute atomic E-state index is 13.3. The average Bonchev–Trinajstić information content (AvgIpc) is 3.25. The summed E-state index contributed by atoms with van der Waals surface area (Å²) in [7, 11) is -3.94. The van der Waals surface area contributed by atoms with Gasteiger partial charge in [0.2, 0.25) is 15.9 Å². The highest BCUT2D eigenvalue weighted by molar-refractivity contribution is 14.1. The number of nitrogens with one attached hydrogen (secondary N) is 4. The number of aromatic nitrogens is 1. The molecule has 1 amide bonds. The Labute approximate surface area is 230 Å². The minimum Gasteiger partial charge on any atom is -0.370 e. The van der Waals surface area contributed by atoms with Crippen LogP contribution in [0.4, 0.5) is 0 Å². The molecule has 0 radical (unpaired) electrons. The van der Waals surface area contributed by atoms with Gasteiger partial charge in [0.15, 0.2) is 5.96 Å². The van der Waals surface area contributed by atoms with Gasteiger partial charge >= 0.3 is 0 Å². The monoisotopic (exact) mass is 644 g/mol. The number of carbonyl (C=O) groups is 1. The Kier molecular flexibility index (Phi) is 9.61. The van der Waals surface area contributed by atoms with Crippen molar-refractivity contribution in [3.63, 3.8) is 0 Å². The van der Waals surface area contributed by atoms with E-state index in [2.05, 4.69) is 15.0 Å². The maximum atomic E-state index is 13.3. The number of benzene rings is 2. The zero-order chi connectivity index (χ0) is 25.0. The van der Waals surface area contributed by atoms with Gasteiger partial charge in [0.05, 0.1) is 4.90 Å². The van der Waals surface area contributed by atoms with Crippen molar-refractivity contribution in [1.29, 1.82) is 5.41 Å². The molecule has 0 bridgehead atoms. The topological polar surface area (TPSA) is 144 Å². The molecule has 1 aliphatic rings. The Morgan fingerprint density at radius 1 is 1.22 bits per heavy atom. The van der Waals surface area contributed by atoms with Crippen molar-refractivity contribution in [1.82, 2.24) is 19.9 Å². The highest BCUT2D eigenvalue weighted by Crippen LogP contribution is 2.22. The van der Waals surface area contributed by atoms with Gasteiger partial charge in [-0.1, -0.05) is 30.3 Å². The van der Waals surface area contributed by atoms with Crippen molar-refractivity contribution < 1.29 is 13.2 Å². The van der Waals surface area contributed by atoms with Crippen molar-refractivity contribution >= 4 is 67.8 Å². The summed E-state index contributed by atoms with van der Waals surface area (Å²) >= 11 is 1.98. The molecule has 2 heterocycles. The molecule has 6 N–H and O–H groups in total. The number of guanidine groups is 1. The molecule has 1 saturated heterocycles. The Bertz CT molecular complexity index is 1330. The predicted molar refractivity (Wildman–Crippen MR) is 152 cm³/mol. The number of likely N-dealkylation sites (tertiary alicyclic amines) is 1. The minimum absolute atomic E-state index is 0. The fraction of sp³-hybridized carbons (Fsp3) is 0.333. The summed E-state index contributed by atoms with van der Waals surface area (Å²) in [6.07, 6.45) is 3.81. The van der Waals surface area contributed by atoms with Gasteiger partial charge in [-0.05, 0) is 71.5 Å². The molecule has 1 unspecified atom stereocenters. The van der Waals surface area contributed by atoms with Gasteiger partial charge < -0.3 is 20.9 Å². The molecule has 1 fully saturated rings. The van der Waals surface area contributed by atoms with E-state index in [9.17, 15) is 13.2 Å². The normalized spacial score (nSPS) is 16.8. The zero-order valence-corrected chi connectivity index (χ0v) is 23.3. The number of piperidine rings is 1. The number of fused-ring (bicyclic) bond motifs is 1. The Balaban J connectivity index is 0.00000361. The number of carbonyl (C=O) groups excluding carboxylic acids is 1. The van der Waals surface area contributed by atoms with Crippen LogP contribution >= 0.6 is 35.0 Å². The molecule has 9 nitrogen and oxygen atoms in total. The number of aromatic amines is 1. The number of H-pyrrole nitrogens is 1. The van der Waals surface area contributed by atoms with Crippen LogP contribution < -0.4 is 15.8 Å². The van der Waals surface area contributed by atoms with Gasteiger partial charge in [-0.3, -0.25) is 10.2 Å². The largest absolute Gasteiger partial charge is 0.370 e. The second-order valence-electron chi connectivity index (χ2n) is 8.75. The molecule has 12 heteroatoms. The number of sulfonamides is 1. The third kappa shape index (κ3) is 6.69. The van der Waals surface area contributed by atoms with Crippen LogP contribution in [0.15, 0.2) is 59.6 Å². The van der Waals surface area contributed by atoms with Crippen molar-refractivity contribution in [2.45, 2.75) is 30.2 Å². The maximum Gasteiger partial charge on any atom is 0.242 e. The Hall–Kier alpha value is -2.35. The van der Waals surface area contributed by atoms with Crippen LogP contribution in [-0.4, -0.2) is 55.8 Å². The van der Waals surface area contributed by atoms with E-state index in [4.69, 9.17) is 11.1 Å². The molecule has 2 atom stereocenters. The van der Waals surface area contributed by atoms with Crippen LogP contribution in [-0.2, 0) is 21.2 Å². The summed E-state index contributed by atoms with van der Waals surface area (Å²) in [5.41, 5.74) is 7.41. The minimum atomic E-state index is -3.94. The molecule has 2 aromatic carbocycles. The third-order valence-electron chi connectivity index (χ3n) is 6.26. The van der Waals surface area contributed by atoms with Gasteiger partial charge in [-0.25, -0.2) is 8.42 Å². The SMILES string of the molecule is Cl.N=C(N)N1CCCC(CNC(=O)[C@@H](Cc2c[nH]c3ccccc23)NS(=O)(=O)c2ccccc2I)C1. The zero-order valence-electron chi connectivity index (χ0n) is 19.5. The standard InChI is InChI=1S/C24H29IN6O3S.ClH/c25-19-8-2-4-10-22(19)35(33,34)30-21(12-17-14-28-20-9-3-1-7-18(17)20)23(32)29-13-16-6-5-11-31(15-16)24(26)27;/h1-4,7-10,14,16,21,28,30H,5-6,11-13,15H2,(H3,26,27)(H,29,32);1H/t16?,21-;/m1./s1. The first-order chi connectivity index (χ1) is 16.7. The molecule has 0 saturated carbocycles. The Morgan fingerprint density at radius 3 is 2.69 bits per heavy atom. The molecule has 0 aliphatic carbocycles. The first kappa shape index (κ1) is 28.2. The summed E-state index contributed by atoms with van der Waals surface area (Å²) < 4.78 is 29.7. The lowest BCUT2D eigenvalue weighted by Gasteiger charge is -2.33. The van der Waals surface area contributed by atoms with Crippen LogP contribution in [0.25, 0.3) is 10.9 Å². The quantitative estimate of drug-likeness (QED) is 0.146. The number of nitrogens with zero attached hydrogens (tertiary/aromatic N) is 1. The summed E-state index contributed by atoms with van der Waals surface area (Å²) in [5, 5.41) is 11.6. The van der Waals surface area contributed by atoms with Gasteiger partial charge in [0, 0.05) is 40.3 Å².